The maximum Gasteiger partial charge on any atom is 0.335 e. The van der Waals surface area contributed by atoms with Gasteiger partial charge in [-0.1, -0.05) is 36.4 Å². The van der Waals surface area contributed by atoms with Crippen LogP contribution in [0.2, 0.25) is 0 Å². The Labute approximate surface area is 199 Å². The van der Waals surface area contributed by atoms with Crippen LogP contribution >= 0.6 is 0 Å². The molecule has 35 heavy (non-hydrogen) atoms. The number of amides is 2. The number of fused-ring (bicyclic) bond motifs is 1. The Kier molecular flexibility index (Phi) is 6.59. The zero-order chi connectivity index (χ0) is 24.9. The predicted octanol–water partition coefficient (Wildman–Crippen LogP) is 3.35. The third-order valence-corrected chi connectivity index (χ3v) is 5.34. The van der Waals surface area contributed by atoms with Gasteiger partial charge in [-0.05, 0) is 36.4 Å². The first kappa shape index (κ1) is 23.2. The van der Waals surface area contributed by atoms with E-state index in [0.717, 1.165) is 5.56 Å². The number of carboxylic acid groups (broad SMARTS) is 1. The molecule has 4 rings (SSSR count). The summed E-state index contributed by atoms with van der Waals surface area (Å²) < 4.78 is 0. The first-order valence-corrected chi connectivity index (χ1v) is 10.7. The number of hydrogen-bond donors (Lipinski definition) is 5. The molecule has 0 fully saturated rings. The van der Waals surface area contributed by atoms with Crippen LogP contribution in [-0.4, -0.2) is 45.2 Å². The molecule has 1 heterocycles. The van der Waals surface area contributed by atoms with E-state index in [4.69, 9.17) is 10.7 Å². The van der Waals surface area contributed by atoms with Crippen molar-refractivity contribution in [3.63, 3.8) is 0 Å². The number of H-pyrrole nitrogens is 1. The van der Waals surface area contributed by atoms with Crippen LogP contribution in [-0.2, 0) is 4.79 Å². The number of aliphatic imine (C=N–C) groups is 1. The second-order valence-electron chi connectivity index (χ2n) is 7.76. The van der Waals surface area contributed by atoms with Gasteiger partial charge < -0.3 is 26.2 Å². The zero-order valence-corrected chi connectivity index (χ0v) is 18.5. The number of primary amides is 1. The quantitative estimate of drug-likeness (QED) is 0.250. The summed E-state index contributed by atoms with van der Waals surface area (Å²) in [6, 6.07) is 20.4. The van der Waals surface area contributed by atoms with E-state index in [9.17, 15) is 24.6 Å². The van der Waals surface area contributed by atoms with Crippen molar-refractivity contribution < 1.29 is 24.6 Å². The lowest BCUT2D eigenvalue weighted by Gasteiger charge is -2.09. The number of benzene rings is 3. The van der Waals surface area contributed by atoms with E-state index in [1.165, 1.54) is 12.1 Å². The Morgan fingerprint density at radius 2 is 1.60 bits per heavy atom. The number of rotatable bonds is 8. The molecule has 0 aliphatic rings. The molecular formula is C26H22N4O5. The summed E-state index contributed by atoms with van der Waals surface area (Å²) in [7, 11) is 0. The third-order valence-electron chi connectivity index (χ3n) is 5.34. The average molecular weight is 470 g/mol. The van der Waals surface area contributed by atoms with Gasteiger partial charge >= 0.3 is 5.97 Å². The number of aromatic hydroxyl groups is 1. The van der Waals surface area contributed by atoms with Gasteiger partial charge in [-0.3, -0.25) is 9.59 Å². The van der Waals surface area contributed by atoms with Gasteiger partial charge in [0, 0.05) is 35.0 Å². The van der Waals surface area contributed by atoms with Gasteiger partial charge in [-0.2, -0.15) is 0 Å². The molecule has 0 bridgehead atoms. The molecule has 0 radical (unpaired) electrons. The average Bonchev–Trinajstić information content (AvgIpc) is 3.17. The molecule has 4 aromatic rings. The number of aromatic amines is 1. The normalized spacial score (nSPS) is 11.4. The van der Waals surface area contributed by atoms with Gasteiger partial charge in [0.1, 0.15) is 0 Å². The lowest BCUT2D eigenvalue weighted by Crippen LogP contribution is -2.27. The van der Waals surface area contributed by atoms with Crippen molar-refractivity contribution in [2.45, 2.75) is 6.42 Å². The van der Waals surface area contributed by atoms with E-state index in [-0.39, 0.29) is 30.3 Å². The number of nitrogens with zero attached hydrogens (tertiary/aromatic N) is 1. The van der Waals surface area contributed by atoms with E-state index < -0.39 is 11.9 Å². The largest absolute Gasteiger partial charge is 0.494 e. The summed E-state index contributed by atoms with van der Waals surface area (Å²) in [4.78, 5) is 42.0. The molecule has 0 saturated carbocycles. The Bertz CT molecular complexity index is 1440. The standard InChI is InChI=1S/C26H22N4O5/c27-21(31)12-13-28-24(32)16-6-9-18(10-7-16)29-23(15-4-2-1-3-5-15)22-19-11-8-17(26(34)35)14-20(19)30-25(22)33/h1-11,14,30,33H,12-13H2,(H2,27,31)(H,28,32)(H,34,35). The molecule has 0 aliphatic carbocycles. The highest BCUT2D eigenvalue weighted by molar-refractivity contribution is 6.22. The SMILES string of the molecule is NC(=O)CCNC(=O)c1ccc(N=C(c2ccccc2)c2c(O)[nH]c3cc(C(=O)O)ccc23)cc1. The zero-order valence-electron chi connectivity index (χ0n) is 18.5. The van der Waals surface area contributed by atoms with Crippen LogP contribution in [0.15, 0.2) is 77.8 Å². The summed E-state index contributed by atoms with van der Waals surface area (Å²) in [5.41, 5.74) is 8.20. The van der Waals surface area contributed by atoms with Crippen molar-refractivity contribution in [1.82, 2.24) is 10.3 Å². The van der Waals surface area contributed by atoms with Crippen molar-refractivity contribution in [1.29, 1.82) is 0 Å². The molecular weight excluding hydrogens is 448 g/mol. The minimum absolute atomic E-state index is 0.0522. The molecule has 0 saturated heterocycles. The van der Waals surface area contributed by atoms with Crippen molar-refractivity contribution in [3.8, 4) is 5.88 Å². The second kappa shape index (κ2) is 9.92. The van der Waals surface area contributed by atoms with Gasteiger partial charge in [0.2, 0.25) is 5.91 Å². The molecule has 0 spiro atoms. The molecule has 3 aromatic carbocycles. The van der Waals surface area contributed by atoms with Gasteiger partial charge in [0.25, 0.3) is 5.91 Å². The summed E-state index contributed by atoms with van der Waals surface area (Å²) in [6.07, 6.45) is 0.0522. The maximum absolute atomic E-state index is 12.3. The number of carbonyl (C=O) groups is 3. The Morgan fingerprint density at radius 3 is 2.26 bits per heavy atom. The molecule has 0 atom stereocenters. The highest BCUT2D eigenvalue weighted by Crippen LogP contribution is 2.32. The van der Waals surface area contributed by atoms with E-state index in [2.05, 4.69) is 10.3 Å². The molecule has 9 heteroatoms. The summed E-state index contributed by atoms with van der Waals surface area (Å²) >= 11 is 0. The lowest BCUT2D eigenvalue weighted by atomic mass is 10.00. The minimum atomic E-state index is -1.07. The summed E-state index contributed by atoms with van der Waals surface area (Å²) in [5.74, 6) is -2.05. The predicted molar refractivity (Wildman–Crippen MR) is 131 cm³/mol. The first-order valence-electron chi connectivity index (χ1n) is 10.7. The van der Waals surface area contributed by atoms with Crippen LogP contribution < -0.4 is 11.1 Å². The van der Waals surface area contributed by atoms with Crippen LogP contribution in [0.5, 0.6) is 5.88 Å². The van der Waals surface area contributed by atoms with Crippen molar-refractivity contribution in [2.24, 2.45) is 10.7 Å². The minimum Gasteiger partial charge on any atom is -0.494 e. The molecule has 0 aliphatic heterocycles. The van der Waals surface area contributed by atoms with Crippen LogP contribution in [0.3, 0.4) is 0 Å². The monoisotopic (exact) mass is 470 g/mol. The second-order valence-corrected chi connectivity index (χ2v) is 7.76. The number of nitrogens with two attached hydrogens (primary N) is 1. The highest BCUT2D eigenvalue weighted by atomic mass is 16.4. The van der Waals surface area contributed by atoms with Gasteiger partial charge in [0.05, 0.1) is 22.5 Å². The fourth-order valence-corrected chi connectivity index (χ4v) is 3.63. The molecule has 0 unspecified atom stereocenters. The number of carbonyl (C=O) groups excluding carboxylic acids is 2. The highest BCUT2D eigenvalue weighted by Gasteiger charge is 2.19. The lowest BCUT2D eigenvalue weighted by molar-refractivity contribution is -0.117. The number of nitrogens with one attached hydrogen (secondary N) is 2. The Balaban J connectivity index is 1.73. The van der Waals surface area contributed by atoms with Crippen LogP contribution in [0, 0.1) is 0 Å². The summed E-state index contributed by atoms with van der Waals surface area (Å²) in [5, 5.41) is 23.3. The van der Waals surface area contributed by atoms with Gasteiger partial charge in [-0.25, -0.2) is 9.79 Å². The number of hydrogen-bond acceptors (Lipinski definition) is 5. The fourth-order valence-electron chi connectivity index (χ4n) is 3.63. The van der Waals surface area contributed by atoms with Crippen LogP contribution in [0.1, 0.15) is 38.3 Å². The van der Waals surface area contributed by atoms with Gasteiger partial charge in [-0.15, -0.1) is 0 Å². The Morgan fingerprint density at radius 1 is 0.914 bits per heavy atom. The third kappa shape index (κ3) is 5.19. The fraction of sp³-hybridized carbons (Fsp3) is 0.0769. The van der Waals surface area contributed by atoms with Crippen molar-refractivity contribution in [3.05, 3.63) is 95.1 Å². The molecule has 6 N–H and O–H groups in total. The number of carboxylic acids is 1. The van der Waals surface area contributed by atoms with E-state index in [0.29, 0.717) is 33.4 Å². The topological polar surface area (TPSA) is 158 Å². The number of aromatic carboxylic acids is 1. The molecule has 1 aromatic heterocycles. The first-order chi connectivity index (χ1) is 16.8. The molecule has 176 valence electrons. The van der Waals surface area contributed by atoms with E-state index in [1.54, 1.807) is 30.3 Å². The Hall–Kier alpha value is -4.92. The summed E-state index contributed by atoms with van der Waals surface area (Å²) in [6.45, 7) is 0.148. The molecule has 9 nitrogen and oxygen atoms in total. The smallest absolute Gasteiger partial charge is 0.335 e. The van der Waals surface area contributed by atoms with E-state index in [1.807, 2.05) is 30.3 Å². The van der Waals surface area contributed by atoms with Crippen molar-refractivity contribution in [2.75, 3.05) is 6.54 Å². The maximum atomic E-state index is 12.3. The van der Waals surface area contributed by atoms with Crippen LogP contribution in [0.4, 0.5) is 5.69 Å². The number of aromatic nitrogens is 1. The molecule has 2 amide bonds. The van der Waals surface area contributed by atoms with Crippen LogP contribution in [0.25, 0.3) is 10.9 Å². The van der Waals surface area contributed by atoms with E-state index >= 15 is 0 Å². The van der Waals surface area contributed by atoms with Gasteiger partial charge in [0.15, 0.2) is 5.88 Å². The van der Waals surface area contributed by atoms with Crippen molar-refractivity contribution >= 4 is 40.1 Å².